The Labute approximate surface area is 134 Å². The Kier molecular flexibility index (Phi) is 5.71. The average molecular weight is 313 g/mol. The number of methoxy groups -OCH3 is 1. The van der Waals surface area contributed by atoms with E-state index in [1.165, 1.54) is 0 Å². The number of amides is 3. The number of hydrogen-bond acceptors (Lipinski definition) is 3. The van der Waals surface area contributed by atoms with Gasteiger partial charge >= 0.3 is 6.03 Å². The fraction of sp³-hybridized carbons (Fsp3) is 0.176. The number of carbonyl (C=O) groups excluding carboxylic acids is 2. The molecule has 0 atom stereocenters. The molecule has 2 aromatic carbocycles. The maximum Gasteiger partial charge on any atom is 0.316 e. The molecule has 0 aromatic heterocycles. The zero-order valence-electron chi connectivity index (χ0n) is 12.8. The molecule has 6 nitrogen and oxygen atoms in total. The summed E-state index contributed by atoms with van der Waals surface area (Å²) >= 11 is 0. The van der Waals surface area contributed by atoms with E-state index in [0.29, 0.717) is 24.4 Å². The number of ether oxygens (including phenoxy) is 1. The van der Waals surface area contributed by atoms with Gasteiger partial charge in [0.05, 0.1) is 6.61 Å². The Morgan fingerprint density at radius 3 is 2.30 bits per heavy atom. The van der Waals surface area contributed by atoms with Crippen molar-refractivity contribution in [3.8, 4) is 0 Å². The molecular formula is C17H19N3O3. The maximum absolute atomic E-state index is 12.2. The lowest BCUT2D eigenvalue weighted by molar-refractivity contribution is 0.0950. The first-order chi connectivity index (χ1) is 11.1. The number of nitrogens with one attached hydrogen (secondary N) is 2. The second kappa shape index (κ2) is 7.95. The summed E-state index contributed by atoms with van der Waals surface area (Å²) in [5, 5.41) is 5.31. The molecule has 2 rings (SSSR count). The highest BCUT2D eigenvalue weighted by Gasteiger charge is 2.07. The van der Waals surface area contributed by atoms with Crippen molar-refractivity contribution in [1.82, 2.24) is 5.32 Å². The van der Waals surface area contributed by atoms with E-state index >= 15 is 0 Å². The van der Waals surface area contributed by atoms with Crippen molar-refractivity contribution in [2.45, 2.75) is 13.2 Å². The van der Waals surface area contributed by atoms with Gasteiger partial charge in [-0.05, 0) is 35.4 Å². The van der Waals surface area contributed by atoms with Crippen LogP contribution in [0.15, 0.2) is 48.5 Å². The van der Waals surface area contributed by atoms with Gasteiger partial charge in [-0.15, -0.1) is 0 Å². The fourth-order valence-corrected chi connectivity index (χ4v) is 2.15. The molecule has 0 bridgehead atoms. The molecule has 0 aliphatic heterocycles. The zero-order chi connectivity index (χ0) is 16.7. The molecule has 0 unspecified atom stereocenters. The Bertz CT molecular complexity index is 684. The van der Waals surface area contributed by atoms with Gasteiger partial charge in [0.2, 0.25) is 0 Å². The van der Waals surface area contributed by atoms with Crippen molar-refractivity contribution in [2.24, 2.45) is 5.73 Å². The summed E-state index contributed by atoms with van der Waals surface area (Å²) in [6, 6.07) is 13.6. The van der Waals surface area contributed by atoms with E-state index < -0.39 is 6.03 Å². The van der Waals surface area contributed by atoms with Crippen LogP contribution in [0.1, 0.15) is 21.5 Å². The molecule has 0 radical (unpaired) electrons. The van der Waals surface area contributed by atoms with Crippen LogP contribution in [0.3, 0.4) is 0 Å². The smallest absolute Gasteiger partial charge is 0.316 e. The quantitative estimate of drug-likeness (QED) is 0.763. The SMILES string of the molecule is COCc1ccccc1CNC(=O)c1ccc(NC(N)=O)cc1. The Morgan fingerprint density at radius 1 is 1.04 bits per heavy atom. The van der Waals surface area contributed by atoms with Crippen LogP contribution in [0.2, 0.25) is 0 Å². The van der Waals surface area contributed by atoms with E-state index in [1.807, 2.05) is 24.3 Å². The van der Waals surface area contributed by atoms with Gasteiger partial charge in [0.25, 0.3) is 5.91 Å². The number of primary amides is 1. The minimum atomic E-state index is -0.642. The lowest BCUT2D eigenvalue weighted by Crippen LogP contribution is -2.23. The highest BCUT2D eigenvalue weighted by Crippen LogP contribution is 2.12. The summed E-state index contributed by atoms with van der Waals surface area (Å²) in [7, 11) is 1.64. The molecule has 2 aromatic rings. The van der Waals surface area contributed by atoms with Crippen molar-refractivity contribution in [1.29, 1.82) is 0 Å². The second-order valence-electron chi connectivity index (χ2n) is 4.95. The molecule has 0 saturated carbocycles. The summed E-state index contributed by atoms with van der Waals surface area (Å²) in [6.45, 7) is 0.916. The van der Waals surface area contributed by atoms with Crippen LogP contribution >= 0.6 is 0 Å². The number of benzene rings is 2. The number of nitrogens with two attached hydrogens (primary N) is 1. The van der Waals surface area contributed by atoms with Gasteiger partial charge in [0.15, 0.2) is 0 Å². The van der Waals surface area contributed by atoms with Gasteiger partial charge in [-0.3, -0.25) is 4.79 Å². The second-order valence-corrected chi connectivity index (χ2v) is 4.95. The summed E-state index contributed by atoms with van der Waals surface area (Å²) in [5.41, 5.74) is 8.13. The Hall–Kier alpha value is -2.86. The predicted molar refractivity (Wildman–Crippen MR) is 88.0 cm³/mol. The molecule has 0 spiro atoms. The third-order valence-corrected chi connectivity index (χ3v) is 3.27. The van der Waals surface area contributed by atoms with Gasteiger partial charge in [0, 0.05) is 24.9 Å². The van der Waals surface area contributed by atoms with E-state index in [1.54, 1.807) is 31.4 Å². The van der Waals surface area contributed by atoms with Crippen LogP contribution in [0.4, 0.5) is 10.5 Å². The van der Waals surface area contributed by atoms with Crippen LogP contribution in [0.5, 0.6) is 0 Å². The van der Waals surface area contributed by atoms with Crippen molar-refractivity contribution in [2.75, 3.05) is 12.4 Å². The number of anilines is 1. The lowest BCUT2D eigenvalue weighted by Gasteiger charge is -2.10. The highest BCUT2D eigenvalue weighted by molar-refractivity contribution is 5.95. The van der Waals surface area contributed by atoms with E-state index in [9.17, 15) is 9.59 Å². The molecule has 23 heavy (non-hydrogen) atoms. The van der Waals surface area contributed by atoms with E-state index in [4.69, 9.17) is 10.5 Å². The third kappa shape index (κ3) is 4.82. The third-order valence-electron chi connectivity index (χ3n) is 3.27. The van der Waals surface area contributed by atoms with Crippen molar-refractivity contribution in [3.63, 3.8) is 0 Å². The van der Waals surface area contributed by atoms with Crippen LogP contribution in [0.25, 0.3) is 0 Å². The molecule has 120 valence electrons. The van der Waals surface area contributed by atoms with Crippen LogP contribution in [-0.4, -0.2) is 19.0 Å². The van der Waals surface area contributed by atoms with Gasteiger partial charge < -0.3 is 21.1 Å². The van der Waals surface area contributed by atoms with Crippen LogP contribution in [-0.2, 0) is 17.9 Å². The minimum absolute atomic E-state index is 0.192. The topological polar surface area (TPSA) is 93.4 Å². The standard InChI is InChI=1S/C17H19N3O3/c1-23-11-14-5-3-2-4-13(14)10-19-16(21)12-6-8-15(9-7-12)20-17(18)22/h2-9H,10-11H2,1H3,(H,19,21)(H3,18,20,22). The van der Waals surface area contributed by atoms with Gasteiger partial charge in [-0.1, -0.05) is 24.3 Å². The average Bonchev–Trinajstić information content (AvgIpc) is 2.54. The predicted octanol–water partition coefficient (Wildman–Crippen LogP) is 2.25. The highest BCUT2D eigenvalue weighted by atomic mass is 16.5. The molecule has 0 saturated heterocycles. The first-order valence-corrected chi connectivity index (χ1v) is 7.10. The molecule has 6 heteroatoms. The Balaban J connectivity index is 1.98. The minimum Gasteiger partial charge on any atom is -0.380 e. The number of urea groups is 1. The van der Waals surface area contributed by atoms with E-state index in [-0.39, 0.29) is 5.91 Å². The van der Waals surface area contributed by atoms with Gasteiger partial charge in [-0.25, -0.2) is 4.79 Å². The van der Waals surface area contributed by atoms with Gasteiger partial charge in [-0.2, -0.15) is 0 Å². The lowest BCUT2D eigenvalue weighted by atomic mass is 10.1. The molecule has 0 heterocycles. The number of hydrogen-bond donors (Lipinski definition) is 3. The van der Waals surface area contributed by atoms with Crippen LogP contribution in [0, 0.1) is 0 Å². The molecule has 3 amide bonds. The summed E-state index contributed by atoms with van der Waals surface area (Å²) in [5.74, 6) is -0.192. The van der Waals surface area contributed by atoms with E-state index in [0.717, 1.165) is 11.1 Å². The normalized spacial score (nSPS) is 10.1. The Morgan fingerprint density at radius 2 is 1.70 bits per heavy atom. The fourth-order valence-electron chi connectivity index (χ4n) is 2.15. The van der Waals surface area contributed by atoms with Gasteiger partial charge in [0.1, 0.15) is 0 Å². The summed E-state index contributed by atoms with van der Waals surface area (Å²) < 4.78 is 5.15. The largest absolute Gasteiger partial charge is 0.380 e. The van der Waals surface area contributed by atoms with Crippen molar-refractivity contribution in [3.05, 3.63) is 65.2 Å². The summed E-state index contributed by atoms with van der Waals surface area (Å²) in [4.78, 5) is 22.9. The molecular weight excluding hydrogens is 294 g/mol. The number of rotatable bonds is 6. The number of carbonyl (C=O) groups is 2. The first-order valence-electron chi connectivity index (χ1n) is 7.10. The summed E-state index contributed by atoms with van der Waals surface area (Å²) in [6.07, 6.45) is 0. The molecule has 4 N–H and O–H groups in total. The van der Waals surface area contributed by atoms with Crippen LogP contribution < -0.4 is 16.4 Å². The van der Waals surface area contributed by atoms with E-state index in [2.05, 4.69) is 10.6 Å². The molecule has 0 aliphatic carbocycles. The molecule has 0 aliphatic rings. The molecule has 0 fully saturated rings. The maximum atomic E-state index is 12.2. The van der Waals surface area contributed by atoms with Crippen molar-refractivity contribution >= 4 is 17.6 Å². The first kappa shape index (κ1) is 16.5. The van der Waals surface area contributed by atoms with Crippen molar-refractivity contribution < 1.29 is 14.3 Å². The zero-order valence-corrected chi connectivity index (χ0v) is 12.8. The monoisotopic (exact) mass is 313 g/mol.